The van der Waals surface area contributed by atoms with Crippen LogP contribution in [0.25, 0.3) is 0 Å². The lowest BCUT2D eigenvalue weighted by atomic mass is 10.3. The summed E-state index contributed by atoms with van der Waals surface area (Å²) in [6, 6.07) is 0. The highest BCUT2D eigenvalue weighted by Crippen LogP contribution is 2.21. The zero-order valence-corrected chi connectivity index (χ0v) is 5.03. The molecule has 0 aromatic carbocycles. The van der Waals surface area contributed by atoms with Gasteiger partial charge in [0.2, 0.25) is 0 Å². The van der Waals surface area contributed by atoms with Crippen molar-refractivity contribution in [2.75, 3.05) is 0 Å². The second kappa shape index (κ2) is 1.74. The number of rotatable bonds is 0. The highest BCUT2D eigenvalue weighted by Gasteiger charge is 2.10. The van der Waals surface area contributed by atoms with E-state index in [0.717, 1.165) is 12.3 Å². The van der Waals surface area contributed by atoms with Crippen LogP contribution < -0.4 is 5.73 Å². The van der Waals surface area contributed by atoms with Gasteiger partial charge in [-0.25, -0.2) is 4.40 Å². The fraction of sp³-hybridized carbons (Fsp3) is 0.750. The molecule has 3 heteroatoms. The SMILES string of the molecule is CC1CC(N)=NS1. The van der Waals surface area contributed by atoms with E-state index < -0.39 is 0 Å². The zero-order valence-electron chi connectivity index (χ0n) is 4.22. The molecule has 1 heterocycles. The summed E-state index contributed by atoms with van der Waals surface area (Å²) < 4.78 is 3.93. The van der Waals surface area contributed by atoms with Crippen LogP contribution in [-0.2, 0) is 0 Å². The summed E-state index contributed by atoms with van der Waals surface area (Å²) in [5, 5.41) is 0.611. The van der Waals surface area contributed by atoms with E-state index in [9.17, 15) is 0 Å². The van der Waals surface area contributed by atoms with Crippen molar-refractivity contribution in [1.82, 2.24) is 0 Å². The van der Waals surface area contributed by atoms with Crippen LogP contribution in [0.2, 0.25) is 0 Å². The molecule has 0 fully saturated rings. The van der Waals surface area contributed by atoms with E-state index >= 15 is 0 Å². The smallest absolute Gasteiger partial charge is 0.108 e. The number of amidine groups is 1. The molecule has 0 amide bonds. The first-order valence-electron chi connectivity index (χ1n) is 2.27. The summed E-state index contributed by atoms with van der Waals surface area (Å²) in [6.07, 6.45) is 0.963. The maximum atomic E-state index is 5.35. The van der Waals surface area contributed by atoms with Crippen LogP contribution in [0.3, 0.4) is 0 Å². The van der Waals surface area contributed by atoms with Crippen molar-refractivity contribution >= 4 is 17.8 Å². The standard InChI is InChI=1S/C4H8N2S/c1-3-2-4(5)6-7-3/h3H,2H2,1H3,(H2,5,6). The van der Waals surface area contributed by atoms with Gasteiger partial charge in [0.1, 0.15) is 5.84 Å². The van der Waals surface area contributed by atoms with Crippen molar-refractivity contribution in [2.45, 2.75) is 18.6 Å². The van der Waals surface area contributed by atoms with E-state index in [1.807, 2.05) is 0 Å². The third kappa shape index (κ3) is 1.09. The summed E-state index contributed by atoms with van der Waals surface area (Å²) in [4.78, 5) is 0. The zero-order chi connectivity index (χ0) is 5.28. The Labute approximate surface area is 47.3 Å². The van der Waals surface area contributed by atoms with Crippen LogP contribution in [0.5, 0.6) is 0 Å². The van der Waals surface area contributed by atoms with Crippen LogP contribution in [0.15, 0.2) is 4.40 Å². The van der Waals surface area contributed by atoms with Crippen molar-refractivity contribution in [3.8, 4) is 0 Å². The van der Waals surface area contributed by atoms with Crippen molar-refractivity contribution in [3.05, 3.63) is 0 Å². The highest BCUT2D eigenvalue weighted by molar-refractivity contribution is 7.99. The van der Waals surface area contributed by atoms with E-state index in [0.29, 0.717) is 5.25 Å². The molecule has 1 rings (SSSR count). The van der Waals surface area contributed by atoms with Crippen molar-refractivity contribution in [1.29, 1.82) is 0 Å². The topological polar surface area (TPSA) is 38.4 Å². The Hall–Kier alpha value is -0.180. The molecule has 0 radical (unpaired) electrons. The molecule has 0 bridgehead atoms. The van der Waals surface area contributed by atoms with E-state index in [2.05, 4.69) is 11.3 Å². The van der Waals surface area contributed by atoms with Gasteiger partial charge >= 0.3 is 0 Å². The van der Waals surface area contributed by atoms with Gasteiger partial charge in [0.05, 0.1) is 0 Å². The van der Waals surface area contributed by atoms with E-state index in [1.54, 1.807) is 11.9 Å². The Morgan fingerprint density at radius 1 is 2.00 bits per heavy atom. The van der Waals surface area contributed by atoms with Gasteiger partial charge in [0, 0.05) is 11.7 Å². The maximum Gasteiger partial charge on any atom is 0.108 e. The number of hydrogen-bond acceptors (Lipinski definition) is 3. The van der Waals surface area contributed by atoms with Gasteiger partial charge in [-0.1, -0.05) is 6.92 Å². The molecular weight excluding hydrogens is 108 g/mol. The van der Waals surface area contributed by atoms with Gasteiger partial charge in [0.25, 0.3) is 0 Å². The molecule has 0 spiro atoms. The first-order chi connectivity index (χ1) is 3.29. The molecule has 0 aromatic rings. The molecule has 1 unspecified atom stereocenters. The lowest BCUT2D eigenvalue weighted by molar-refractivity contribution is 1.03. The van der Waals surface area contributed by atoms with Gasteiger partial charge in [-0.3, -0.25) is 0 Å². The second-order valence-corrected chi connectivity index (χ2v) is 2.90. The molecule has 1 atom stereocenters. The summed E-state index contributed by atoms with van der Waals surface area (Å²) in [5.41, 5.74) is 5.35. The molecule has 0 saturated carbocycles. The summed E-state index contributed by atoms with van der Waals surface area (Å²) >= 11 is 1.57. The molecule has 1 aliphatic rings. The lowest BCUT2D eigenvalue weighted by Gasteiger charge is -1.90. The van der Waals surface area contributed by atoms with Crippen LogP contribution in [0, 0.1) is 0 Å². The molecule has 0 aliphatic carbocycles. The maximum absolute atomic E-state index is 5.35. The van der Waals surface area contributed by atoms with Gasteiger partial charge in [-0.15, -0.1) is 0 Å². The van der Waals surface area contributed by atoms with Gasteiger partial charge in [0.15, 0.2) is 0 Å². The molecule has 1 aliphatic heterocycles. The van der Waals surface area contributed by atoms with Crippen LogP contribution in [-0.4, -0.2) is 11.1 Å². The molecule has 7 heavy (non-hydrogen) atoms. The molecule has 2 nitrogen and oxygen atoms in total. The van der Waals surface area contributed by atoms with Gasteiger partial charge in [-0.05, 0) is 11.9 Å². The monoisotopic (exact) mass is 116 g/mol. The Balaban J connectivity index is 2.42. The van der Waals surface area contributed by atoms with Crippen molar-refractivity contribution in [2.24, 2.45) is 10.1 Å². The van der Waals surface area contributed by atoms with Crippen LogP contribution in [0.1, 0.15) is 13.3 Å². The fourth-order valence-corrected chi connectivity index (χ4v) is 1.16. The van der Waals surface area contributed by atoms with Gasteiger partial charge in [-0.2, -0.15) is 0 Å². The Bertz CT molecular complexity index is 99.9. The lowest BCUT2D eigenvalue weighted by Crippen LogP contribution is -2.09. The Kier molecular flexibility index (Phi) is 1.23. The normalized spacial score (nSPS) is 30.4. The van der Waals surface area contributed by atoms with E-state index in [1.165, 1.54) is 0 Å². The predicted molar refractivity (Wildman–Crippen MR) is 33.3 cm³/mol. The van der Waals surface area contributed by atoms with Gasteiger partial charge < -0.3 is 5.73 Å². The quantitative estimate of drug-likeness (QED) is 0.475. The summed E-state index contributed by atoms with van der Waals surface area (Å²) in [7, 11) is 0. The number of nitrogens with zero attached hydrogens (tertiary/aromatic N) is 1. The third-order valence-corrected chi connectivity index (χ3v) is 1.71. The minimum Gasteiger partial charge on any atom is -0.387 e. The molecular formula is C4H8N2S. The summed E-state index contributed by atoms with van der Waals surface area (Å²) in [5.74, 6) is 0.789. The fourth-order valence-electron chi connectivity index (χ4n) is 0.527. The molecule has 0 aromatic heterocycles. The molecule has 2 N–H and O–H groups in total. The second-order valence-electron chi connectivity index (χ2n) is 1.70. The Morgan fingerprint density at radius 3 is 2.86 bits per heavy atom. The minimum absolute atomic E-state index is 0.611. The van der Waals surface area contributed by atoms with Crippen molar-refractivity contribution in [3.63, 3.8) is 0 Å². The number of hydrogen-bond donors (Lipinski definition) is 1. The summed E-state index contributed by atoms with van der Waals surface area (Å²) in [6.45, 7) is 2.12. The highest BCUT2D eigenvalue weighted by atomic mass is 32.2. The van der Waals surface area contributed by atoms with E-state index in [4.69, 9.17) is 5.73 Å². The third-order valence-electron chi connectivity index (χ3n) is 0.846. The minimum atomic E-state index is 0.611. The molecule has 0 saturated heterocycles. The first-order valence-corrected chi connectivity index (χ1v) is 3.11. The van der Waals surface area contributed by atoms with Crippen LogP contribution >= 0.6 is 11.9 Å². The van der Waals surface area contributed by atoms with Crippen molar-refractivity contribution < 1.29 is 0 Å². The Morgan fingerprint density at radius 2 is 2.71 bits per heavy atom. The largest absolute Gasteiger partial charge is 0.387 e. The first kappa shape index (κ1) is 4.97. The average molecular weight is 116 g/mol. The number of nitrogens with two attached hydrogens (primary N) is 1. The predicted octanol–water partition coefficient (Wildman–Crippen LogP) is 0.784. The molecule has 40 valence electrons. The van der Waals surface area contributed by atoms with E-state index in [-0.39, 0.29) is 0 Å². The van der Waals surface area contributed by atoms with Crippen LogP contribution in [0.4, 0.5) is 0 Å². The average Bonchev–Trinajstić information content (AvgIpc) is 1.87.